The number of ether oxygens (including phenoxy) is 3. The third-order valence-electron chi connectivity index (χ3n) is 3.81. The molecule has 0 bridgehead atoms. The van der Waals surface area contributed by atoms with Crippen molar-refractivity contribution in [1.29, 1.82) is 0 Å². The summed E-state index contributed by atoms with van der Waals surface area (Å²) in [6.45, 7) is 2.31. The molecule has 1 atom stereocenters. The topological polar surface area (TPSA) is 51.2 Å². The Balaban J connectivity index is 1.81. The van der Waals surface area contributed by atoms with Crippen LogP contribution < -0.4 is 14.2 Å². The molecule has 0 spiro atoms. The molecule has 1 fully saturated rings. The zero-order valence-corrected chi connectivity index (χ0v) is 11.1. The normalized spacial score (nSPS) is 21.9. The largest absolute Gasteiger partial charge is 0.493 e. The van der Waals surface area contributed by atoms with E-state index in [1.807, 2.05) is 12.1 Å². The van der Waals surface area contributed by atoms with Crippen LogP contribution in [-0.2, 0) is 6.54 Å². The predicted octanol–water partition coefficient (Wildman–Crippen LogP) is 1.38. The van der Waals surface area contributed by atoms with Crippen LogP contribution in [0, 0.1) is 0 Å². The summed E-state index contributed by atoms with van der Waals surface area (Å²) in [6, 6.07) is 4.26. The molecular weight excluding hydrogens is 246 g/mol. The highest BCUT2D eigenvalue weighted by molar-refractivity contribution is 5.55. The summed E-state index contributed by atoms with van der Waals surface area (Å²) in [5, 5.41) is 9.36. The Morgan fingerprint density at radius 1 is 1.42 bits per heavy atom. The molecule has 2 heterocycles. The van der Waals surface area contributed by atoms with Crippen molar-refractivity contribution in [1.82, 2.24) is 4.90 Å². The van der Waals surface area contributed by atoms with E-state index in [1.165, 1.54) is 0 Å². The van der Waals surface area contributed by atoms with Gasteiger partial charge < -0.3 is 19.3 Å². The van der Waals surface area contributed by atoms with Gasteiger partial charge in [-0.1, -0.05) is 0 Å². The Hall–Kier alpha value is -1.46. The van der Waals surface area contributed by atoms with Gasteiger partial charge in [-0.05, 0) is 37.1 Å². The maximum absolute atomic E-state index is 9.36. The van der Waals surface area contributed by atoms with E-state index in [4.69, 9.17) is 14.2 Å². The average molecular weight is 265 g/mol. The zero-order chi connectivity index (χ0) is 13.2. The average Bonchev–Trinajstić information content (AvgIpc) is 3.06. The van der Waals surface area contributed by atoms with Gasteiger partial charge in [-0.3, -0.25) is 4.90 Å². The number of aliphatic hydroxyl groups is 1. The van der Waals surface area contributed by atoms with Crippen molar-refractivity contribution < 1.29 is 19.3 Å². The maximum Gasteiger partial charge on any atom is 0.231 e. The van der Waals surface area contributed by atoms with Crippen LogP contribution in [0.1, 0.15) is 18.4 Å². The molecule has 2 aliphatic heterocycles. The Morgan fingerprint density at radius 2 is 2.32 bits per heavy atom. The van der Waals surface area contributed by atoms with Crippen LogP contribution >= 0.6 is 0 Å². The second-order valence-electron chi connectivity index (χ2n) is 4.98. The van der Waals surface area contributed by atoms with E-state index in [0.29, 0.717) is 11.5 Å². The Bertz CT molecular complexity index is 463. The zero-order valence-electron chi connectivity index (χ0n) is 11.1. The van der Waals surface area contributed by atoms with Crippen molar-refractivity contribution in [2.75, 3.05) is 27.1 Å². The van der Waals surface area contributed by atoms with Crippen molar-refractivity contribution in [3.05, 3.63) is 17.7 Å². The molecule has 5 nitrogen and oxygen atoms in total. The molecule has 0 aliphatic carbocycles. The van der Waals surface area contributed by atoms with E-state index in [9.17, 15) is 5.11 Å². The quantitative estimate of drug-likeness (QED) is 0.891. The van der Waals surface area contributed by atoms with Gasteiger partial charge in [0.2, 0.25) is 12.5 Å². The molecule has 2 aliphatic rings. The van der Waals surface area contributed by atoms with Gasteiger partial charge >= 0.3 is 0 Å². The van der Waals surface area contributed by atoms with Crippen LogP contribution in [0.2, 0.25) is 0 Å². The molecule has 5 heteroatoms. The minimum Gasteiger partial charge on any atom is -0.493 e. The lowest BCUT2D eigenvalue weighted by Crippen LogP contribution is -2.31. The fraction of sp³-hybridized carbons (Fsp3) is 0.571. The van der Waals surface area contributed by atoms with Crippen LogP contribution in [0.3, 0.4) is 0 Å². The van der Waals surface area contributed by atoms with E-state index in [-0.39, 0.29) is 19.4 Å². The highest BCUT2D eigenvalue weighted by atomic mass is 16.7. The summed E-state index contributed by atoms with van der Waals surface area (Å²) >= 11 is 0. The molecule has 0 unspecified atom stereocenters. The standard InChI is InChI=1S/C14H19NO4/c1-17-12-5-10(6-13-14(12)19-9-18-13)7-15-4-2-3-11(15)8-16/h5-6,11,16H,2-4,7-9H2,1H3/t11-/m1/s1. The number of fused-ring (bicyclic) bond motifs is 1. The van der Waals surface area contributed by atoms with Gasteiger partial charge in [0.15, 0.2) is 11.5 Å². The van der Waals surface area contributed by atoms with Gasteiger partial charge in [-0.25, -0.2) is 0 Å². The number of nitrogens with zero attached hydrogens (tertiary/aromatic N) is 1. The van der Waals surface area contributed by atoms with Crippen molar-refractivity contribution >= 4 is 0 Å². The molecule has 19 heavy (non-hydrogen) atoms. The molecule has 0 saturated carbocycles. The van der Waals surface area contributed by atoms with Gasteiger partial charge in [0.25, 0.3) is 0 Å². The maximum atomic E-state index is 9.36. The monoisotopic (exact) mass is 265 g/mol. The minimum absolute atomic E-state index is 0.224. The highest BCUT2D eigenvalue weighted by Gasteiger charge is 2.25. The summed E-state index contributed by atoms with van der Waals surface area (Å²) in [7, 11) is 1.63. The molecule has 1 saturated heterocycles. The number of hydrogen-bond acceptors (Lipinski definition) is 5. The van der Waals surface area contributed by atoms with E-state index < -0.39 is 0 Å². The number of benzene rings is 1. The SMILES string of the molecule is COc1cc(CN2CCC[C@@H]2CO)cc2c1OCO2. The lowest BCUT2D eigenvalue weighted by atomic mass is 10.1. The molecule has 0 radical (unpaired) electrons. The first-order valence-electron chi connectivity index (χ1n) is 6.63. The van der Waals surface area contributed by atoms with E-state index in [0.717, 1.165) is 37.2 Å². The molecule has 104 valence electrons. The van der Waals surface area contributed by atoms with E-state index >= 15 is 0 Å². The Kier molecular flexibility index (Phi) is 3.48. The fourth-order valence-corrected chi connectivity index (χ4v) is 2.82. The van der Waals surface area contributed by atoms with Crippen LogP contribution in [-0.4, -0.2) is 43.1 Å². The van der Waals surface area contributed by atoms with Crippen LogP contribution in [0.25, 0.3) is 0 Å². The van der Waals surface area contributed by atoms with Crippen LogP contribution in [0.5, 0.6) is 17.2 Å². The lowest BCUT2D eigenvalue weighted by Gasteiger charge is -2.23. The van der Waals surface area contributed by atoms with Gasteiger partial charge in [0, 0.05) is 12.6 Å². The first-order chi connectivity index (χ1) is 9.31. The second-order valence-corrected chi connectivity index (χ2v) is 4.98. The second kappa shape index (κ2) is 5.27. The first kappa shape index (κ1) is 12.6. The molecule has 1 N–H and O–H groups in total. The third kappa shape index (κ3) is 2.35. The summed E-state index contributed by atoms with van der Waals surface area (Å²) in [4.78, 5) is 2.30. The Morgan fingerprint density at radius 3 is 3.11 bits per heavy atom. The van der Waals surface area contributed by atoms with Gasteiger partial charge in [-0.2, -0.15) is 0 Å². The molecule has 0 aromatic heterocycles. The van der Waals surface area contributed by atoms with Gasteiger partial charge in [0.05, 0.1) is 13.7 Å². The smallest absolute Gasteiger partial charge is 0.231 e. The number of methoxy groups -OCH3 is 1. The van der Waals surface area contributed by atoms with Gasteiger partial charge in [-0.15, -0.1) is 0 Å². The summed E-state index contributed by atoms with van der Waals surface area (Å²) < 4.78 is 16.2. The van der Waals surface area contributed by atoms with Crippen molar-refractivity contribution in [3.63, 3.8) is 0 Å². The Labute approximate surface area is 112 Å². The highest BCUT2D eigenvalue weighted by Crippen LogP contribution is 2.42. The van der Waals surface area contributed by atoms with E-state index in [2.05, 4.69) is 4.90 Å². The molecular formula is C14H19NO4. The molecule has 0 amide bonds. The number of aliphatic hydroxyl groups excluding tert-OH is 1. The number of hydrogen-bond donors (Lipinski definition) is 1. The molecule has 1 aromatic carbocycles. The van der Waals surface area contributed by atoms with Gasteiger partial charge in [0.1, 0.15) is 0 Å². The van der Waals surface area contributed by atoms with Crippen LogP contribution in [0.4, 0.5) is 0 Å². The predicted molar refractivity (Wildman–Crippen MR) is 69.6 cm³/mol. The van der Waals surface area contributed by atoms with Crippen LogP contribution in [0.15, 0.2) is 12.1 Å². The summed E-state index contributed by atoms with van der Waals surface area (Å²) in [5.74, 6) is 2.14. The van der Waals surface area contributed by atoms with Crippen molar-refractivity contribution in [2.24, 2.45) is 0 Å². The van der Waals surface area contributed by atoms with Crippen molar-refractivity contribution in [3.8, 4) is 17.2 Å². The number of rotatable bonds is 4. The number of likely N-dealkylation sites (tertiary alicyclic amines) is 1. The summed E-state index contributed by atoms with van der Waals surface area (Å²) in [5.41, 5.74) is 1.13. The summed E-state index contributed by atoms with van der Waals surface area (Å²) in [6.07, 6.45) is 2.21. The molecule has 1 aromatic rings. The van der Waals surface area contributed by atoms with Crippen molar-refractivity contribution in [2.45, 2.75) is 25.4 Å². The van der Waals surface area contributed by atoms with E-state index in [1.54, 1.807) is 7.11 Å². The fourth-order valence-electron chi connectivity index (χ4n) is 2.82. The third-order valence-corrected chi connectivity index (χ3v) is 3.81. The molecule has 3 rings (SSSR count). The first-order valence-corrected chi connectivity index (χ1v) is 6.63. The minimum atomic E-state index is 0.224. The lowest BCUT2D eigenvalue weighted by molar-refractivity contribution is 0.153.